The number of nitrogen functional groups attached to an aromatic ring is 1. The third kappa shape index (κ3) is 6.24. The summed E-state index contributed by atoms with van der Waals surface area (Å²) in [7, 11) is -3.53. The van der Waals surface area contributed by atoms with Crippen molar-refractivity contribution in [1.82, 2.24) is 0 Å². The monoisotopic (exact) mass is 285 g/mol. The van der Waals surface area contributed by atoms with E-state index in [2.05, 4.69) is 0 Å². The van der Waals surface area contributed by atoms with Crippen LogP contribution in [-0.4, -0.2) is 25.7 Å². The van der Waals surface area contributed by atoms with E-state index in [1.54, 1.807) is 45.0 Å². The fourth-order valence-corrected chi connectivity index (χ4v) is 2.69. The number of rotatable bonds is 4. The van der Waals surface area contributed by atoms with Gasteiger partial charge in [0.05, 0.1) is 5.75 Å². The number of sulfone groups is 1. The molecular formula is C13H19NO4S. The van der Waals surface area contributed by atoms with Gasteiger partial charge in [0.15, 0.2) is 9.84 Å². The number of carbonyl (C=O) groups is 1. The van der Waals surface area contributed by atoms with E-state index >= 15 is 0 Å². The number of hydrogen-bond acceptors (Lipinski definition) is 5. The van der Waals surface area contributed by atoms with E-state index in [1.807, 2.05) is 0 Å². The Bertz CT molecular complexity index is 541. The molecule has 2 N–H and O–H groups in total. The van der Waals surface area contributed by atoms with Gasteiger partial charge in [-0.3, -0.25) is 4.79 Å². The molecule has 0 heterocycles. The minimum atomic E-state index is -3.53. The topological polar surface area (TPSA) is 86.5 Å². The van der Waals surface area contributed by atoms with Gasteiger partial charge in [-0.2, -0.15) is 0 Å². The van der Waals surface area contributed by atoms with Gasteiger partial charge in [0, 0.05) is 5.69 Å². The number of benzene rings is 1. The number of esters is 1. The molecule has 0 radical (unpaired) electrons. The van der Waals surface area contributed by atoms with Crippen LogP contribution in [0, 0.1) is 0 Å². The third-order valence-corrected chi connectivity index (χ3v) is 3.57. The second kappa shape index (κ2) is 5.61. The predicted molar refractivity (Wildman–Crippen MR) is 74.2 cm³/mol. The van der Waals surface area contributed by atoms with Gasteiger partial charge in [-0.25, -0.2) is 8.42 Å². The summed E-state index contributed by atoms with van der Waals surface area (Å²) >= 11 is 0. The first-order valence-corrected chi connectivity index (χ1v) is 7.66. The van der Waals surface area contributed by atoms with E-state index in [9.17, 15) is 13.2 Å². The molecule has 5 nitrogen and oxygen atoms in total. The van der Waals surface area contributed by atoms with Gasteiger partial charge in [-0.15, -0.1) is 0 Å². The molecule has 0 aliphatic carbocycles. The Morgan fingerprint density at radius 1 is 1.21 bits per heavy atom. The molecule has 0 unspecified atom stereocenters. The van der Waals surface area contributed by atoms with Crippen molar-refractivity contribution in [2.75, 3.05) is 11.5 Å². The second-order valence-electron chi connectivity index (χ2n) is 5.36. The van der Waals surface area contributed by atoms with Crippen LogP contribution >= 0.6 is 0 Å². The third-order valence-electron chi connectivity index (χ3n) is 2.12. The molecule has 1 rings (SSSR count). The molecule has 0 amide bonds. The largest absolute Gasteiger partial charge is 0.459 e. The highest BCUT2D eigenvalue weighted by Crippen LogP contribution is 2.12. The smallest absolute Gasteiger partial charge is 0.321 e. The zero-order valence-corrected chi connectivity index (χ0v) is 12.2. The van der Waals surface area contributed by atoms with Crippen molar-refractivity contribution in [2.24, 2.45) is 0 Å². The van der Waals surface area contributed by atoms with Crippen molar-refractivity contribution in [3.63, 3.8) is 0 Å². The van der Waals surface area contributed by atoms with Crippen molar-refractivity contribution >= 4 is 21.5 Å². The Morgan fingerprint density at radius 3 is 2.21 bits per heavy atom. The van der Waals surface area contributed by atoms with Crippen molar-refractivity contribution < 1.29 is 17.9 Å². The zero-order chi connectivity index (χ0) is 14.7. The summed E-state index contributed by atoms with van der Waals surface area (Å²) in [6, 6.07) is 6.50. The van der Waals surface area contributed by atoms with E-state index in [1.165, 1.54) is 0 Å². The van der Waals surface area contributed by atoms with E-state index < -0.39 is 27.2 Å². The normalized spacial score (nSPS) is 12.2. The van der Waals surface area contributed by atoms with Crippen LogP contribution in [0.5, 0.6) is 0 Å². The van der Waals surface area contributed by atoms with Crippen molar-refractivity contribution in [1.29, 1.82) is 0 Å². The fraction of sp³-hybridized carbons (Fsp3) is 0.462. The van der Waals surface area contributed by atoms with Gasteiger partial charge in [0.2, 0.25) is 0 Å². The molecule has 106 valence electrons. The second-order valence-corrected chi connectivity index (χ2v) is 7.42. The quantitative estimate of drug-likeness (QED) is 0.669. The molecule has 1 aromatic carbocycles. The molecule has 0 bridgehead atoms. The number of anilines is 1. The lowest BCUT2D eigenvalue weighted by atomic mass is 10.2. The van der Waals surface area contributed by atoms with Gasteiger partial charge in [-0.1, -0.05) is 12.1 Å². The summed E-state index contributed by atoms with van der Waals surface area (Å²) in [4.78, 5) is 11.5. The Balaban J connectivity index is 2.67. The Morgan fingerprint density at radius 2 is 1.74 bits per heavy atom. The maximum Gasteiger partial charge on any atom is 0.321 e. The first-order valence-electron chi connectivity index (χ1n) is 5.84. The molecule has 0 aromatic heterocycles. The van der Waals surface area contributed by atoms with Gasteiger partial charge >= 0.3 is 5.97 Å². The van der Waals surface area contributed by atoms with Crippen LogP contribution in [0.25, 0.3) is 0 Å². The van der Waals surface area contributed by atoms with E-state index in [0.717, 1.165) is 0 Å². The van der Waals surface area contributed by atoms with Crippen LogP contribution in [-0.2, 0) is 25.1 Å². The van der Waals surface area contributed by atoms with Crippen LogP contribution in [0.2, 0.25) is 0 Å². The Hall–Kier alpha value is -1.56. The minimum Gasteiger partial charge on any atom is -0.459 e. The molecule has 0 aliphatic rings. The summed E-state index contributed by atoms with van der Waals surface area (Å²) in [5.74, 6) is -1.55. The summed E-state index contributed by atoms with van der Waals surface area (Å²) in [6.07, 6.45) is 0. The lowest BCUT2D eigenvalue weighted by molar-refractivity contribution is -0.151. The molecule has 0 fully saturated rings. The highest BCUT2D eigenvalue weighted by atomic mass is 32.2. The molecule has 1 aromatic rings. The highest BCUT2D eigenvalue weighted by Gasteiger charge is 2.23. The van der Waals surface area contributed by atoms with E-state index in [-0.39, 0.29) is 5.75 Å². The van der Waals surface area contributed by atoms with Gasteiger partial charge in [-0.05, 0) is 38.5 Å². The van der Waals surface area contributed by atoms with Crippen molar-refractivity contribution in [3.05, 3.63) is 29.8 Å². The summed E-state index contributed by atoms with van der Waals surface area (Å²) in [6.45, 7) is 5.08. The van der Waals surface area contributed by atoms with Crippen molar-refractivity contribution in [3.8, 4) is 0 Å². The Labute approximate surface area is 113 Å². The lowest BCUT2D eigenvalue weighted by Gasteiger charge is -2.19. The number of nitrogens with two attached hydrogens (primary N) is 1. The highest BCUT2D eigenvalue weighted by molar-refractivity contribution is 7.91. The molecule has 0 aliphatic heterocycles. The summed E-state index contributed by atoms with van der Waals surface area (Å²) in [5, 5.41) is 0. The molecule has 0 atom stereocenters. The molecular weight excluding hydrogens is 266 g/mol. The molecule has 0 saturated heterocycles. The van der Waals surface area contributed by atoms with Crippen molar-refractivity contribution in [2.45, 2.75) is 32.1 Å². The predicted octanol–water partition coefficient (Wildman–Crippen LogP) is 1.53. The summed E-state index contributed by atoms with van der Waals surface area (Å²) in [5.41, 5.74) is 5.99. The van der Waals surface area contributed by atoms with E-state index in [4.69, 9.17) is 10.5 Å². The van der Waals surface area contributed by atoms with E-state index in [0.29, 0.717) is 11.3 Å². The number of carbonyl (C=O) groups excluding carboxylic acids is 1. The van der Waals surface area contributed by atoms with Crippen LogP contribution in [0.4, 0.5) is 5.69 Å². The van der Waals surface area contributed by atoms with Crippen LogP contribution in [0.15, 0.2) is 24.3 Å². The first-order chi connectivity index (χ1) is 8.57. The van der Waals surface area contributed by atoms with Crippen LogP contribution in [0.3, 0.4) is 0 Å². The average molecular weight is 285 g/mol. The fourth-order valence-electron chi connectivity index (χ4n) is 1.47. The molecule has 19 heavy (non-hydrogen) atoms. The molecule has 0 saturated carbocycles. The zero-order valence-electron chi connectivity index (χ0n) is 11.3. The van der Waals surface area contributed by atoms with Crippen LogP contribution < -0.4 is 5.73 Å². The van der Waals surface area contributed by atoms with Gasteiger partial charge < -0.3 is 10.5 Å². The summed E-state index contributed by atoms with van der Waals surface area (Å²) < 4.78 is 28.7. The van der Waals surface area contributed by atoms with Gasteiger partial charge in [0.25, 0.3) is 0 Å². The maximum atomic E-state index is 11.8. The first kappa shape index (κ1) is 15.5. The van der Waals surface area contributed by atoms with Gasteiger partial charge in [0.1, 0.15) is 11.4 Å². The maximum absolute atomic E-state index is 11.8. The number of hydrogen-bond donors (Lipinski definition) is 1. The Kier molecular flexibility index (Phi) is 4.57. The van der Waals surface area contributed by atoms with Crippen LogP contribution in [0.1, 0.15) is 26.3 Å². The standard InChI is InChI=1S/C13H19NO4S/c1-13(2,3)18-12(15)9-19(16,17)8-10-4-6-11(14)7-5-10/h4-7H,8-9,14H2,1-3H3. The lowest BCUT2D eigenvalue weighted by Crippen LogP contribution is -2.29. The minimum absolute atomic E-state index is 0.202. The SMILES string of the molecule is CC(C)(C)OC(=O)CS(=O)(=O)Cc1ccc(N)cc1. The molecule has 6 heteroatoms. The number of ether oxygens (including phenoxy) is 1. The average Bonchev–Trinajstić information content (AvgIpc) is 2.17. The molecule has 0 spiro atoms.